The zero-order chi connectivity index (χ0) is 12.1. The molecule has 2 nitrogen and oxygen atoms in total. The van der Waals surface area contributed by atoms with Crippen LogP contribution in [0.2, 0.25) is 0 Å². The summed E-state index contributed by atoms with van der Waals surface area (Å²) in [7, 11) is 0. The summed E-state index contributed by atoms with van der Waals surface area (Å²) in [4.78, 5) is 2.52. The molecule has 2 unspecified atom stereocenters. The molecule has 1 aromatic rings. The number of benzene rings is 1. The van der Waals surface area contributed by atoms with Gasteiger partial charge in [-0.15, -0.1) is 0 Å². The Hall–Kier alpha value is -0.860. The third-order valence-electron chi connectivity index (χ3n) is 3.91. The fourth-order valence-electron chi connectivity index (χ4n) is 2.77. The summed E-state index contributed by atoms with van der Waals surface area (Å²) in [6, 6.07) is 11.1. The molecule has 1 aliphatic carbocycles. The largest absolute Gasteiger partial charge is 0.327 e. The van der Waals surface area contributed by atoms with E-state index in [-0.39, 0.29) is 0 Å². The van der Waals surface area contributed by atoms with Crippen molar-refractivity contribution in [3.63, 3.8) is 0 Å². The molecule has 2 atom stereocenters. The van der Waals surface area contributed by atoms with Gasteiger partial charge in [-0.2, -0.15) is 0 Å². The summed E-state index contributed by atoms with van der Waals surface area (Å²) in [6.07, 6.45) is 3.84. The summed E-state index contributed by atoms with van der Waals surface area (Å²) in [5.41, 5.74) is 7.55. The highest BCUT2D eigenvalue weighted by atomic mass is 15.1. The molecule has 0 aromatic heterocycles. The minimum Gasteiger partial charge on any atom is -0.327 e. The highest BCUT2D eigenvalue weighted by molar-refractivity contribution is 5.14. The Kier molecular flexibility index (Phi) is 4.57. The van der Waals surface area contributed by atoms with E-state index in [2.05, 4.69) is 42.2 Å². The first-order valence-electron chi connectivity index (χ1n) is 6.81. The van der Waals surface area contributed by atoms with E-state index in [4.69, 9.17) is 5.73 Å². The second kappa shape index (κ2) is 6.18. The van der Waals surface area contributed by atoms with Crippen LogP contribution in [0.15, 0.2) is 30.3 Å². The monoisotopic (exact) mass is 232 g/mol. The maximum Gasteiger partial charge on any atom is 0.0233 e. The van der Waals surface area contributed by atoms with E-state index in [1.807, 2.05) is 0 Å². The fraction of sp³-hybridized carbons (Fsp3) is 0.600. The molecule has 1 saturated carbocycles. The van der Waals surface area contributed by atoms with Crippen LogP contribution in [0.5, 0.6) is 0 Å². The van der Waals surface area contributed by atoms with Gasteiger partial charge in [0.25, 0.3) is 0 Å². The molecule has 94 valence electrons. The van der Waals surface area contributed by atoms with Gasteiger partial charge in [0, 0.05) is 19.1 Å². The first-order chi connectivity index (χ1) is 8.29. The normalized spacial score (nSPS) is 24.4. The maximum atomic E-state index is 6.15. The predicted octanol–water partition coefficient (Wildman–Crippen LogP) is 2.64. The molecule has 17 heavy (non-hydrogen) atoms. The van der Waals surface area contributed by atoms with Gasteiger partial charge < -0.3 is 5.73 Å². The van der Waals surface area contributed by atoms with Gasteiger partial charge in [-0.25, -0.2) is 0 Å². The van der Waals surface area contributed by atoms with Crippen molar-refractivity contribution in [3.8, 4) is 0 Å². The number of nitrogens with zero attached hydrogens (tertiary/aromatic N) is 1. The summed E-state index contributed by atoms with van der Waals surface area (Å²) in [6.45, 7) is 5.56. The second-order valence-corrected chi connectivity index (χ2v) is 5.17. The highest BCUT2D eigenvalue weighted by Gasteiger charge is 2.25. The minimum absolute atomic E-state index is 0.430. The van der Waals surface area contributed by atoms with E-state index in [1.54, 1.807) is 0 Å². The van der Waals surface area contributed by atoms with Gasteiger partial charge in [0.15, 0.2) is 0 Å². The number of hydrogen-bond acceptors (Lipinski definition) is 2. The molecule has 0 aliphatic heterocycles. The first kappa shape index (κ1) is 12.6. The van der Waals surface area contributed by atoms with Crippen LogP contribution in [-0.2, 0) is 6.54 Å². The molecule has 1 aliphatic rings. The molecule has 2 rings (SSSR count). The zero-order valence-corrected chi connectivity index (χ0v) is 10.8. The molecule has 1 fully saturated rings. The third-order valence-corrected chi connectivity index (χ3v) is 3.91. The van der Waals surface area contributed by atoms with Crippen molar-refractivity contribution in [1.29, 1.82) is 0 Å². The van der Waals surface area contributed by atoms with Gasteiger partial charge in [-0.05, 0) is 30.9 Å². The van der Waals surface area contributed by atoms with E-state index < -0.39 is 0 Å². The van der Waals surface area contributed by atoms with Gasteiger partial charge in [0.2, 0.25) is 0 Å². The summed E-state index contributed by atoms with van der Waals surface area (Å²) < 4.78 is 0. The van der Waals surface area contributed by atoms with Crippen molar-refractivity contribution in [2.75, 3.05) is 13.1 Å². The Balaban J connectivity index is 1.88. The van der Waals surface area contributed by atoms with Gasteiger partial charge in [0.05, 0.1) is 0 Å². The van der Waals surface area contributed by atoms with Crippen LogP contribution in [0.3, 0.4) is 0 Å². The number of rotatable bonds is 5. The molecular weight excluding hydrogens is 208 g/mol. The molecule has 0 saturated heterocycles. The van der Waals surface area contributed by atoms with E-state index in [0.29, 0.717) is 12.0 Å². The van der Waals surface area contributed by atoms with Crippen molar-refractivity contribution in [3.05, 3.63) is 35.9 Å². The Bertz CT molecular complexity index is 323. The molecule has 0 radical (unpaired) electrons. The lowest BCUT2D eigenvalue weighted by Gasteiger charge is -2.26. The number of nitrogens with two attached hydrogens (primary N) is 1. The molecule has 2 N–H and O–H groups in total. The summed E-state index contributed by atoms with van der Waals surface area (Å²) in [5.74, 6) is 0.707. The lowest BCUT2D eigenvalue weighted by Crippen LogP contribution is -2.35. The van der Waals surface area contributed by atoms with E-state index in [0.717, 1.165) is 19.6 Å². The van der Waals surface area contributed by atoms with Gasteiger partial charge in [0.1, 0.15) is 0 Å². The van der Waals surface area contributed by atoms with E-state index in [1.165, 1.54) is 24.8 Å². The smallest absolute Gasteiger partial charge is 0.0233 e. The molecule has 0 bridgehead atoms. The van der Waals surface area contributed by atoms with Crippen LogP contribution in [0.25, 0.3) is 0 Å². The predicted molar refractivity (Wildman–Crippen MR) is 72.7 cm³/mol. The number of hydrogen-bond donors (Lipinski definition) is 1. The Morgan fingerprint density at radius 3 is 2.59 bits per heavy atom. The maximum absolute atomic E-state index is 6.15. The molecule has 1 aromatic carbocycles. The molecule has 0 spiro atoms. The third kappa shape index (κ3) is 3.55. The van der Waals surface area contributed by atoms with Crippen LogP contribution in [0, 0.1) is 5.92 Å². The van der Waals surface area contributed by atoms with Crippen LogP contribution >= 0.6 is 0 Å². The Labute approximate surface area is 105 Å². The molecule has 2 heteroatoms. The van der Waals surface area contributed by atoms with Crippen LogP contribution in [0.1, 0.15) is 31.7 Å². The van der Waals surface area contributed by atoms with Crippen molar-refractivity contribution < 1.29 is 0 Å². The molecule has 0 heterocycles. The molecular formula is C15H24N2. The summed E-state index contributed by atoms with van der Waals surface area (Å²) >= 11 is 0. The Morgan fingerprint density at radius 1 is 1.24 bits per heavy atom. The highest BCUT2D eigenvalue weighted by Crippen LogP contribution is 2.25. The van der Waals surface area contributed by atoms with Gasteiger partial charge in [-0.3, -0.25) is 4.90 Å². The summed E-state index contributed by atoms with van der Waals surface area (Å²) in [5, 5.41) is 0. The topological polar surface area (TPSA) is 29.3 Å². The minimum atomic E-state index is 0.430. The lowest BCUT2D eigenvalue weighted by atomic mass is 10.0. The lowest BCUT2D eigenvalue weighted by molar-refractivity contribution is 0.225. The van der Waals surface area contributed by atoms with Crippen LogP contribution in [0.4, 0.5) is 0 Å². The second-order valence-electron chi connectivity index (χ2n) is 5.17. The van der Waals surface area contributed by atoms with Crippen molar-refractivity contribution in [2.45, 2.75) is 38.8 Å². The quantitative estimate of drug-likeness (QED) is 0.845. The SMILES string of the molecule is CCN(Cc1ccccc1)CC1CCCC1N. The van der Waals surface area contributed by atoms with E-state index >= 15 is 0 Å². The molecule has 0 amide bonds. The van der Waals surface area contributed by atoms with Crippen LogP contribution in [-0.4, -0.2) is 24.0 Å². The van der Waals surface area contributed by atoms with E-state index in [9.17, 15) is 0 Å². The van der Waals surface area contributed by atoms with Gasteiger partial charge in [-0.1, -0.05) is 43.7 Å². The zero-order valence-electron chi connectivity index (χ0n) is 10.8. The fourth-order valence-corrected chi connectivity index (χ4v) is 2.77. The average molecular weight is 232 g/mol. The van der Waals surface area contributed by atoms with Crippen molar-refractivity contribution in [2.24, 2.45) is 11.7 Å². The van der Waals surface area contributed by atoms with Crippen molar-refractivity contribution in [1.82, 2.24) is 4.90 Å². The average Bonchev–Trinajstić information content (AvgIpc) is 2.75. The van der Waals surface area contributed by atoms with Gasteiger partial charge >= 0.3 is 0 Å². The van der Waals surface area contributed by atoms with Crippen LogP contribution < -0.4 is 5.73 Å². The van der Waals surface area contributed by atoms with Crippen molar-refractivity contribution >= 4 is 0 Å². The standard InChI is InChI=1S/C15H24N2/c1-2-17(11-13-7-4-3-5-8-13)12-14-9-6-10-15(14)16/h3-5,7-8,14-15H,2,6,9-12,16H2,1H3. The first-order valence-corrected chi connectivity index (χ1v) is 6.81. The Morgan fingerprint density at radius 2 is 2.00 bits per heavy atom.